The molecule has 0 aromatic heterocycles. The minimum Gasteiger partial charge on any atom is -0.304 e. The molecule has 1 atom stereocenters. The van der Waals surface area contributed by atoms with Crippen LogP contribution in [0.1, 0.15) is 128 Å². The van der Waals surface area contributed by atoms with Gasteiger partial charge in [-0.15, -0.1) is 0 Å². The summed E-state index contributed by atoms with van der Waals surface area (Å²) in [5.41, 5.74) is 8.32. The zero-order chi connectivity index (χ0) is 29.3. The summed E-state index contributed by atoms with van der Waals surface area (Å²) in [5, 5.41) is 17.2. The van der Waals surface area contributed by atoms with Gasteiger partial charge in [-0.25, -0.2) is 0 Å². The highest BCUT2D eigenvalue weighted by Crippen LogP contribution is 2.39. The molecule has 2 nitrogen and oxygen atoms in total. The van der Waals surface area contributed by atoms with Crippen molar-refractivity contribution < 1.29 is 0 Å². The fourth-order valence-electron chi connectivity index (χ4n) is 5.63. The average molecular weight is 537 g/mol. The first-order valence-corrected chi connectivity index (χ1v) is 15.4. The van der Waals surface area contributed by atoms with Gasteiger partial charge in [-0.2, -0.15) is 0 Å². The third-order valence-corrected chi connectivity index (χ3v) is 8.31. The van der Waals surface area contributed by atoms with Gasteiger partial charge in [-0.3, -0.25) is 0 Å². The van der Waals surface area contributed by atoms with Crippen LogP contribution in [0.5, 0.6) is 0 Å². The molecule has 3 aromatic rings. The summed E-state index contributed by atoms with van der Waals surface area (Å²) in [5.74, 6) is 0.615. The minimum absolute atomic E-state index is 0.0947. The summed E-state index contributed by atoms with van der Waals surface area (Å²) in [6.45, 7) is 16.1. The third-order valence-electron chi connectivity index (χ3n) is 8.31. The monoisotopic (exact) mass is 536 g/mol. The summed E-state index contributed by atoms with van der Waals surface area (Å²) in [6.07, 6.45) is 9.25. The SMILES string of the molecule is CCCCC(CC(C)(C)CCCC)c1ccc(-c2ccc(C(=N)CC(=N)c3ccc(C(C)(C)C)cc3)cc2)cc1. The van der Waals surface area contributed by atoms with E-state index in [2.05, 4.69) is 97.0 Å². The molecule has 2 heteroatoms. The van der Waals surface area contributed by atoms with Gasteiger partial charge < -0.3 is 10.8 Å². The Balaban J connectivity index is 1.66. The van der Waals surface area contributed by atoms with E-state index in [9.17, 15) is 0 Å². The Hall–Kier alpha value is -3.00. The van der Waals surface area contributed by atoms with Crippen LogP contribution >= 0.6 is 0 Å². The first kappa shape index (κ1) is 31.5. The Labute approximate surface area is 244 Å². The van der Waals surface area contributed by atoms with Crippen LogP contribution in [0.3, 0.4) is 0 Å². The highest BCUT2D eigenvalue weighted by molar-refractivity contribution is 6.15. The quantitative estimate of drug-likeness (QED) is 0.192. The highest BCUT2D eigenvalue weighted by atomic mass is 14.5. The van der Waals surface area contributed by atoms with Crippen LogP contribution in [0.2, 0.25) is 0 Å². The lowest BCUT2D eigenvalue weighted by Gasteiger charge is -2.30. The molecule has 214 valence electrons. The summed E-state index contributed by atoms with van der Waals surface area (Å²) >= 11 is 0. The highest BCUT2D eigenvalue weighted by Gasteiger charge is 2.24. The van der Waals surface area contributed by atoms with Crippen molar-refractivity contribution in [3.05, 3.63) is 95.1 Å². The average Bonchev–Trinajstić information content (AvgIpc) is 2.94. The molecule has 2 N–H and O–H groups in total. The molecule has 0 radical (unpaired) electrons. The van der Waals surface area contributed by atoms with Gasteiger partial charge in [-0.05, 0) is 69.4 Å². The summed E-state index contributed by atoms with van der Waals surface area (Å²) in [6, 6.07) is 25.7. The van der Waals surface area contributed by atoms with Crippen molar-refractivity contribution in [2.75, 3.05) is 0 Å². The Kier molecular flexibility index (Phi) is 11.1. The first-order valence-electron chi connectivity index (χ1n) is 15.4. The van der Waals surface area contributed by atoms with Crippen LogP contribution in [-0.4, -0.2) is 11.4 Å². The summed E-state index contributed by atoms with van der Waals surface area (Å²) in [7, 11) is 0. The number of benzene rings is 3. The van der Waals surface area contributed by atoms with Crippen LogP contribution < -0.4 is 0 Å². The van der Waals surface area contributed by atoms with E-state index in [0.717, 1.165) is 11.1 Å². The zero-order valence-electron chi connectivity index (χ0n) is 26.2. The Morgan fingerprint density at radius 1 is 0.650 bits per heavy atom. The predicted octanol–water partition coefficient (Wildman–Crippen LogP) is 11.4. The number of nitrogens with one attached hydrogen (secondary N) is 2. The lowest BCUT2D eigenvalue weighted by Crippen LogP contribution is -2.16. The Bertz CT molecular complexity index is 1220. The van der Waals surface area contributed by atoms with Crippen molar-refractivity contribution in [2.24, 2.45) is 5.41 Å². The molecule has 0 aliphatic rings. The van der Waals surface area contributed by atoms with E-state index in [1.54, 1.807) is 0 Å². The van der Waals surface area contributed by atoms with Crippen LogP contribution in [0.4, 0.5) is 0 Å². The number of unbranched alkanes of at least 4 members (excludes halogenated alkanes) is 2. The molecular formula is C38H52N2. The smallest absolute Gasteiger partial charge is 0.0445 e. The van der Waals surface area contributed by atoms with E-state index >= 15 is 0 Å². The molecule has 0 fully saturated rings. The Morgan fingerprint density at radius 3 is 1.60 bits per heavy atom. The predicted molar refractivity (Wildman–Crippen MR) is 175 cm³/mol. The molecule has 0 heterocycles. The van der Waals surface area contributed by atoms with Gasteiger partial charge in [0.15, 0.2) is 0 Å². The second kappa shape index (κ2) is 14.1. The lowest BCUT2D eigenvalue weighted by molar-refractivity contribution is 0.265. The van der Waals surface area contributed by atoms with Crippen molar-refractivity contribution in [3.8, 4) is 11.1 Å². The van der Waals surface area contributed by atoms with Crippen molar-refractivity contribution in [1.29, 1.82) is 10.8 Å². The van der Waals surface area contributed by atoms with E-state index in [0.29, 0.717) is 29.2 Å². The second-order valence-corrected chi connectivity index (χ2v) is 13.5. The van der Waals surface area contributed by atoms with Gasteiger partial charge in [0, 0.05) is 17.8 Å². The van der Waals surface area contributed by atoms with E-state index in [1.807, 2.05) is 24.3 Å². The second-order valence-electron chi connectivity index (χ2n) is 13.5. The molecule has 0 spiro atoms. The molecule has 3 aromatic carbocycles. The van der Waals surface area contributed by atoms with E-state index in [4.69, 9.17) is 10.8 Å². The number of hydrogen-bond donors (Lipinski definition) is 2. The molecule has 0 saturated heterocycles. The van der Waals surface area contributed by atoms with Crippen molar-refractivity contribution in [1.82, 2.24) is 0 Å². The van der Waals surface area contributed by atoms with Crippen molar-refractivity contribution in [3.63, 3.8) is 0 Å². The molecule has 0 bridgehead atoms. The zero-order valence-corrected chi connectivity index (χ0v) is 26.2. The molecular weight excluding hydrogens is 484 g/mol. The summed E-state index contributed by atoms with van der Waals surface area (Å²) < 4.78 is 0. The maximum atomic E-state index is 8.63. The first-order chi connectivity index (χ1) is 18.9. The maximum Gasteiger partial charge on any atom is 0.0445 e. The van der Waals surface area contributed by atoms with Crippen molar-refractivity contribution >= 4 is 11.4 Å². The lowest BCUT2D eigenvalue weighted by atomic mass is 9.75. The van der Waals surface area contributed by atoms with Gasteiger partial charge in [0.25, 0.3) is 0 Å². The van der Waals surface area contributed by atoms with Crippen LogP contribution in [-0.2, 0) is 5.41 Å². The number of hydrogen-bond acceptors (Lipinski definition) is 2. The molecule has 1 unspecified atom stereocenters. The van der Waals surface area contributed by atoms with Gasteiger partial charge in [0.2, 0.25) is 0 Å². The van der Waals surface area contributed by atoms with Gasteiger partial charge in [0.1, 0.15) is 0 Å². The topological polar surface area (TPSA) is 47.7 Å². The van der Waals surface area contributed by atoms with E-state index in [-0.39, 0.29) is 5.41 Å². The van der Waals surface area contributed by atoms with Crippen molar-refractivity contribution in [2.45, 2.75) is 111 Å². The van der Waals surface area contributed by atoms with Crippen LogP contribution in [0.25, 0.3) is 11.1 Å². The molecule has 3 rings (SSSR count). The van der Waals surface area contributed by atoms with Crippen LogP contribution in [0.15, 0.2) is 72.8 Å². The Morgan fingerprint density at radius 2 is 1.12 bits per heavy atom. The normalized spacial score (nSPS) is 12.8. The maximum absolute atomic E-state index is 8.63. The van der Waals surface area contributed by atoms with Crippen LogP contribution in [0, 0.1) is 16.2 Å². The van der Waals surface area contributed by atoms with Gasteiger partial charge in [-0.1, -0.05) is 147 Å². The summed E-state index contributed by atoms with van der Waals surface area (Å²) in [4.78, 5) is 0. The fourth-order valence-corrected chi connectivity index (χ4v) is 5.63. The number of rotatable bonds is 14. The van der Waals surface area contributed by atoms with Gasteiger partial charge >= 0.3 is 0 Å². The molecule has 40 heavy (non-hydrogen) atoms. The standard InChI is InChI=1S/C38H52N2/c1-8-10-12-33(27-38(6,7)25-11-9-2)30-15-13-28(14-16-30)29-17-19-31(20-18-29)35(39)26-36(40)32-21-23-34(24-22-32)37(3,4)5/h13-24,33,39-40H,8-12,25-27H2,1-7H3. The molecule has 0 saturated carbocycles. The largest absolute Gasteiger partial charge is 0.304 e. The molecule has 0 amide bonds. The fraction of sp³-hybridized carbons (Fsp3) is 0.474. The molecule has 0 aliphatic carbocycles. The van der Waals surface area contributed by atoms with E-state index in [1.165, 1.54) is 67.2 Å². The third kappa shape index (κ3) is 9.01. The van der Waals surface area contributed by atoms with Gasteiger partial charge in [0.05, 0.1) is 0 Å². The molecule has 0 aliphatic heterocycles. The minimum atomic E-state index is 0.0947. The van der Waals surface area contributed by atoms with E-state index < -0.39 is 0 Å².